The standard InChI is InChI=1S/C18H18BrNO4S/c19-15-7-3-13(4-8-15)14-5-9-16(10-6-14)25(23,24)20-18(17(21)22)11-1-2-12-18/h3-10,20H,1-2,11-12H2,(H,21,22). The molecule has 0 heterocycles. The monoisotopic (exact) mass is 423 g/mol. The average molecular weight is 424 g/mol. The van der Waals surface area contributed by atoms with Crippen molar-refractivity contribution in [3.05, 3.63) is 53.0 Å². The van der Waals surface area contributed by atoms with Gasteiger partial charge in [0.1, 0.15) is 5.54 Å². The van der Waals surface area contributed by atoms with Crippen LogP contribution in [0.4, 0.5) is 0 Å². The summed E-state index contributed by atoms with van der Waals surface area (Å²) in [5.41, 5.74) is 0.474. The fraction of sp³-hybridized carbons (Fsp3) is 0.278. The maximum atomic E-state index is 12.6. The summed E-state index contributed by atoms with van der Waals surface area (Å²) in [6, 6.07) is 14.2. The molecule has 25 heavy (non-hydrogen) atoms. The third-order valence-electron chi connectivity index (χ3n) is 4.54. The largest absolute Gasteiger partial charge is 0.480 e. The lowest BCUT2D eigenvalue weighted by molar-refractivity contribution is -0.143. The van der Waals surface area contributed by atoms with E-state index in [0.29, 0.717) is 25.7 Å². The summed E-state index contributed by atoms with van der Waals surface area (Å²) in [6.07, 6.45) is 2.05. The molecule has 0 bridgehead atoms. The van der Waals surface area contributed by atoms with Crippen LogP contribution in [0.15, 0.2) is 57.9 Å². The van der Waals surface area contributed by atoms with Crippen molar-refractivity contribution in [3.63, 3.8) is 0 Å². The molecule has 1 aliphatic carbocycles. The first-order chi connectivity index (χ1) is 11.8. The van der Waals surface area contributed by atoms with Gasteiger partial charge < -0.3 is 5.11 Å². The van der Waals surface area contributed by atoms with Gasteiger partial charge in [0.25, 0.3) is 0 Å². The van der Waals surface area contributed by atoms with Crippen LogP contribution in [0.3, 0.4) is 0 Å². The molecule has 2 aromatic rings. The summed E-state index contributed by atoms with van der Waals surface area (Å²) in [5.74, 6) is -1.11. The van der Waals surface area contributed by atoms with Crippen LogP contribution in [-0.4, -0.2) is 25.0 Å². The maximum absolute atomic E-state index is 12.6. The van der Waals surface area contributed by atoms with Gasteiger partial charge in [-0.05, 0) is 48.2 Å². The van der Waals surface area contributed by atoms with Crippen LogP contribution in [0, 0.1) is 0 Å². The van der Waals surface area contributed by atoms with Crippen molar-refractivity contribution in [2.75, 3.05) is 0 Å². The van der Waals surface area contributed by atoms with Gasteiger partial charge in [0.05, 0.1) is 4.90 Å². The van der Waals surface area contributed by atoms with E-state index in [9.17, 15) is 18.3 Å². The molecule has 0 aliphatic heterocycles. The lowest BCUT2D eigenvalue weighted by Crippen LogP contribution is -2.52. The Labute approximate surface area is 155 Å². The minimum atomic E-state index is -3.89. The minimum Gasteiger partial charge on any atom is -0.480 e. The van der Waals surface area contributed by atoms with E-state index in [-0.39, 0.29) is 4.90 Å². The molecule has 0 spiro atoms. The summed E-state index contributed by atoms with van der Waals surface area (Å²) < 4.78 is 28.6. The molecule has 2 N–H and O–H groups in total. The van der Waals surface area contributed by atoms with Crippen LogP contribution >= 0.6 is 15.9 Å². The Morgan fingerprint density at radius 1 is 0.960 bits per heavy atom. The Balaban J connectivity index is 1.85. The number of hydrogen-bond acceptors (Lipinski definition) is 3. The highest BCUT2D eigenvalue weighted by molar-refractivity contribution is 9.10. The molecule has 0 aromatic heterocycles. The van der Waals surface area contributed by atoms with Crippen molar-refractivity contribution in [1.29, 1.82) is 0 Å². The summed E-state index contributed by atoms with van der Waals surface area (Å²) in [5, 5.41) is 9.46. The third kappa shape index (κ3) is 3.78. The molecule has 0 radical (unpaired) electrons. The minimum absolute atomic E-state index is 0.0703. The van der Waals surface area contributed by atoms with E-state index in [1.54, 1.807) is 12.1 Å². The van der Waals surface area contributed by atoms with Crippen molar-refractivity contribution in [2.45, 2.75) is 36.1 Å². The Kier molecular flexibility index (Phi) is 4.99. The van der Waals surface area contributed by atoms with Gasteiger partial charge in [-0.2, -0.15) is 4.72 Å². The van der Waals surface area contributed by atoms with E-state index in [4.69, 9.17) is 0 Å². The number of rotatable bonds is 5. The zero-order valence-corrected chi connectivity index (χ0v) is 15.8. The van der Waals surface area contributed by atoms with E-state index in [1.165, 1.54) is 12.1 Å². The molecule has 7 heteroatoms. The predicted octanol–water partition coefficient (Wildman–Crippen LogP) is 3.79. The lowest BCUT2D eigenvalue weighted by atomic mass is 10.0. The van der Waals surface area contributed by atoms with Crippen LogP contribution in [0.5, 0.6) is 0 Å². The van der Waals surface area contributed by atoms with Gasteiger partial charge >= 0.3 is 5.97 Å². The van der Waals surface area contributed by atoms with Gasteiger partial charge in [-0.1, -0.05) is 53.0 Å². The molecule has 0 unspecified atom stereocenters. The SMILES string of the molecule is O=C(O)C1(NS(=O)(=O)c2ccc(-c3ccc(Br)cc3)cc2)CCCC1. The van der Waals surface area contributed by atoms with E-state index in [0.717, 1.165) is 15.6 Å². The van der Waals surface area contributed by atoms with Crippen LogP contribution in [0.25, 0.3) is 11.1 Å². The molecule has 1 aliphatic rings. The number of halogens is 1. The number of carboxylic acids is 1. The number of hydrogen-bond donors (Lipinski definition) is 2. The Morgan fingerprint density at radius 3 is 1.92 bits per heavy atom. The van der Waals surface area contributed by atoms with E-state index < -0.39 is 21.5 Å². The molecule has 0 saturated heterocycles. The number of carbonyl (C=O) groups is 1. The highest BCUT2D eigenvalue weighted by Gasteiger charge is 2.44. The van der Waals surface area contributed by atoms with Crippen molar-refractivity contribution < 1.29 is 18.3 Å². The van der Waals surface area contributed by atoms with E-state index in [2.05, 4.69) is 20.7 Å². The highest BCUT2D eigenvalue weighted by Crippen LogP contribution is 2.32. The summed E-state index contributed by atoms with van der Waals surface area (Å²) in [7, 11) is -3.89. The summed E-state index contributed by atoms with van der Waals surface area (Å²) in [4.78, 5) is 11.6. The van der Waals surface area contributed by atoms with Crippen LogP contribution in [0.1, 0.15) is 25.7 Å². The number of benzene rings is 2. The maximum Gasteiger partial charge on any atom is 0.324 e. The molecule has 5 nitrogen and oxygen atoms in total. The third-order valence-corrected chi connectivity index (χ3v) is 6.62. The smallest absolute Gasteiger partial charge is 0.324 e. The summed E-state index contributed by atoms with van der Waals surface area (Å²) >= 11 is 3.38. The molecular formula is C18H18BrNO4S. The number of carboxylic acid groups (broad SMARTS) is 1. The topological polar surface area (TPSA) is 83.5 Å². The van der Waals surface area contributed by atoms with Gasteiger partial charge in [0.2, 0.25) is 10.0 Å². The molecular weight excluding hydrogens is 406 g/mol. The van der Waals surface area contributed by atoms with Gasteiger partial charge in [-0.15, -0.1) is 0 Å². The Morgan fingerprint density at radius 2 is 1.44 bits per heavy atom. The lowest BCUT2D eigenvalue weighted by Gasteiger charge is -2.25. The quantitative estimate of drug-likeness (QED) is 0.765. The van der Waals surface area contributed by atoms with Crippen molar-refractivity contribution in [2.24, 2.45) is 0 Å². The molecule has 1 saturated carbocycles. The zero-order valence-electron chi connectivity index (χ0n) is 13.4. The molecule has 1 fully saturated rings. The van der Waals surface area contributed by atoms with Gasteiger partial charge in [0, 0.05) is 4.47 Å². The Bertz CT molecular complexity index is 870. The number of nitrogens with one attached hydrogen (secondary N) is 1. The van der Waals surface area contributed by atoms with Crippen molar-refractivity contribution in [1.82, 2.24) is 4.72 Å². The highest BCUT2D eigenvalue weighted by atomic mass is 79.9. The second kappa shape index (κ2) is 6.90. The number of sulfonamides is 1. The summed E-state index contributed by atoms with van der Waals surface area (Å²) in [6.45, 7) is 0. The predicted molar refractivity (Wildman–Crippen MR) is 98.7 cm³/mol. The fourth-order valence-corrected chi connectivity index (χ4v) is 4.81. The average Bonchev–Trinajstić information content (AvgIpc) is 3.05. The molecule has 3 rings (SSSR count). The Hall–Kier alpha value is -1.70. The second-order valence-corrected chi connectivity index (χ2v) is 8.83. The second-order valence-electron chi connectivity index (χ2n) is 6.23. The normalized spacial score (nSPS) is 16.7. The van der Waals surface area contributed by atoms with Crippen molar-refractivity contribution in [3.8, 4) is 11.1 Å². The van der Waals surface area contributed by atoms with E-state index in [1.807, 2.05) is 24.3 Å². The van der Waals surface area contributed by atoms with Crippen LogP contribution < -0.4 is 4.72 Å². The van der Waals surface area contributed by atoms with Crippen molar-refractivity contribution >= 4 is 31.9 Å². The van der Waals surface area contributed by atoms with E-state index >= 15 is 0 Å². The molecule has 0 atom stereocenters. The molecule has 0 amide bonds. The first-order valence-electron chi connectivity index (χ1n) is 7.96. The van der Waals surface area contributed by atoms with Gasteiger partial charge in [-0.3, -0.25) is 4.79 Å². The van der Waals surface area contributed by atoms with Crippen LogP contribution in [-0.2, 0) is 14.8 Å². The molecule has 2 aromatic carbocycles. The number of aliphatic carboxylic acids is 1. The first kappa shape index (κ1) is 18.1. The first-order valence-corrected chi connectivity index (χ1v) is 10.2. The van der Waals surface area contributed by atoms with Crippen LogP contribution in [0.2, 0.25) is 0 Å². The molecule has 132 valence electrons. The van der Waals surface area contributed by atoms with Gasteiger partial charge in [0.15, 0.2) is 0 Å². The zero-order chi connectivity index (χ0) is 18.1. The fourth-order valence-electron chi connectivity index (χ4n) is 3.12. The van der Waals surface area contributed by atoms with Gasteiger partial charge in [-0.25, -0.2) is 8.42 Å².